The molecule has 0 heterocycles. The number of ether oxygens (including phenoxy) is 1. The van der Waals surface area contributed by atoms with E-state index in [-0.39, 0.29) is 23.4 Å². The number of nitrogens with zero attached hydrogens (tertiary/aromatic N) is 1. The van der Waals surface area contributed by atoms with Gasteiger partial charge in [-0.1, -0.05) is 0 Å². The van der Waals surface area contributed by atoms with Gasteiger partial charge in [0.2, 0.25) is 5.82 Å². The molecule has 2 N–H and O–H groups in total. The first-order chi connectivity index (χ1) is 10.4. The molecule has 0 atom stereocenters. The number of hydrogen-bond acceptors (Lipinski definition) is 5. The Labute approximate surface area is 126 Å². The molecule has 8 heteroatoms. The quantitative estimate of drug-likeness (QED) is 0.640. The third-order valence-corrected chi connectivity index (χ3v) is 3.89. The molecule has 0 bridgehead atoms. The van der Waals surface area contributed by atoms with Gasteiger partial charge in [-0.15, -0.1) is 0 Å². The van der Waals surface area contributed by atoms with Crippen molar-refractivity contribution in [3.63, 3.8) is 0 Å². The van der Waals surface area contributed by atoms with Crippen molar-refractivity contribution < 1.29 is 24.0 Å². The Hall–Kier alpha value is -2.38. The molecular formula is C14H17FN2O5. The number of nitro benzene ring substituents is 1. The molecule has 0 saturated heterocycles. The number of hydrogen-bond donors (Lipinski definition) is 2. The van der Waals surface area contributed by atoms with Gasteiger partial charge in [-0.2, -0.15) is 4.39 Å². The summed E-state index contributed by atoms with van der Waals surface area (Å²) >= 11 is 0. The van der Waals surface area contributed by atoms with E-state index < -0.39 is 22.4 Å². The Balaban J connectivity index is 2.17. The Morgan fingerprint density at radius 3 is 2.55 bits per heavy atom. The fourth-order valence-corrected chi connectivity index (χ4v) is 2.69. The van der Waals surface area contributed by atoms with Crippen LogP contribution in [0, 0.1) is 21.8 Å². The number of aliphatic carboxylic acids is 1. The van der Waals surface area contributed by atoms with Crippen molar-refractivity contribution >= 4 is 17.3 Å². The predicted molar refractivity (Wildman–Crippen MR) is 76.6 cm³/mol. The number of benzene rings is 1. The molecule has 1 saturated carbocycles. The zero-order chi connectivity index (χ0) is 16.3. The van der Waals surface area contributed by atoms with Gasteiger partial charge in [0, 0.05) is 18.2 Å². The molecule has 1 aliphatic rings. The molecule has 0 aliphatic heterocycles. The van der Waals surface area contributed by atoms with E-state index in [2.05, 4.69) is 5.32 Å². The van der Waals surface area contributed by atoms with E-state index >= 15 is 0 Å². The molecule has 1 aromatic carbocycles. The molecule has 1 aliphatic carbocycles. The minimum atomic E-state index is -0.967. The molecule has 1 fully saturated rings. The van der Waals surface area contributed by atoms with Crippen molar-refractivity contribution in [1.29, 1.82) is 0 Å². The number of anilines is 1. The van der Waals surface area contributed by atoms with E-state index in [9.17, 15) is 19.3 Å². The largest absolute Gasteiger partial charge is 0.497 e. The lowest BCUT2D eigenvalue weighted by atomic mass is 9.86. The number of nitro groups is 1. The molecule has 1 aromatic rings. The summed E-state index contributed by atoms with van der Waals surface area (Å²) in [5.74, 6) is -1.98. The van der Waals surface area contributed by atoms with Crippen LogP contribution in [0.2, 0.25) is 0 Å². The van der Waals surface area contributed by atoms with Crippen molar-refractivity contribution in [2.45, 2.75) is 31.7 Å². The molecule has 120 valence electrons. The van der Waals surface area contributed by atoms with Gasteiger partial charge in [0.25, 0.3) is 0 Å². The molecule has 0 unspecified atom stereocenters. The second kappa shape index (κ2) is 6.59. The summed E-state index contributed by atoms with van der Waals surface area (Å²) in [4.78, 5) is 21.2. The maximum atomic E-state index is 13.8. The zero-order valence-corrected chi connectivity index (χ0v) is 12.0. The Morgan fingerprint density at radius 1 is 1.41 bits per heavy atom. The monoisotopic (exact) mass is 312 g/mol. The number of methoxy groups -OCH3 is 1. The van der Waals surface area contributed by atoms with Crippen LogP contribution in [0.3, 0.4) is 0 Å². The lowest BCUT2D eigenvalue weighted by Gasteiger charge is -2.27. The Kier molecular flexibility index (Phi) is 4.79. The average Bonchev–Trinajstić information content (AvgIpc) is 2.46. The minimum Gasteiger partial charge on any atom is -0.497 e. The van der Waals surface area contributed by atoms with Crippen LogP contribution in [0.5, 0.6) is 5.75 Å². The van der Waals surface area contributed by atoms with Gasteiger partial charge in [0.15, 0.2) is 0 Å². The summed E-state index contributed by atoms with van der Waals surface area (Å²) in [5.41, 5.74) is -0.568. The van der Waals surface area contributed by atoms with Gasteiger partial charge >= 0.3 is 11.7 Å². The summed E-state index contributed by atoms with van der Waals surface area (Å²) in [6, 6.07) is 2.22. The lowest BCUT2D eigenvalue weighted by Crippen LogP contribution is -2.29. The van der Waals surface area contributed by atoms with E-state index in [0.29, 0.717) is 25.7 Å². The molecule has 0 aromatic heterocycles. The Morgan fingerprint density at radius 2 is 2.05 bits per heavy atom. The number of halogens is 1. The van der Waals surface area contributed by atoms with E-state index in [0.717, 1.165) is 6.07 Å². The highest BCUT2D eigenvalue weighted by atomic mass is 19.1. The SMILES string of the molecule is COc1cc(F)c([N+](=O)[O-])c(NC2CCC(C(=O)O)CC2)c1. The highest BCUT2D eigenvalue weighted by molar-refractivity contribution is 5.70. The zero-order valence-electron chi connectivity index (χ0n) is 12.0. The number of carbonyl (C=O) groups is 1. The van der Waals surface area contributed by atoms with Crippen LogP contribution in [-0.2, 0) is 4.79 Å². The van der Waals surface area contributed by atoms with Gasteiger partial charge < -0.3 is 15.2 Å². The molecule has 0 spiro atoms. The van der Waals surface area contributed by atoms with Gasteiger partial charge in [-0.25, -0.2) is 0 Å². The minimum absolute atomic E-state index is 0.0561. The fourth-order valence-electron chi connectivity index (χ4n) is 2.69. The Bertz CT molecular complexity index is 585. The standard InChI is InChI=1S/C14H17FN2O5/c1-22-10-6-11(15)13(17(20)21)12(7-10)16-9-4-2-8(3-5-9)14(18)19/h6-9,16H,2-5H2,1H3,(H,18,19). The van der Waals surface area contributed by atoms with Crippen molar-refractivity contribution in [1.82, 2.24) is 0 Å². The van der Waals surface area contributed by atoms with E-state index in [1.165, 1.54) is 13.2 Å². The van der Waals surface area contributed by atoms with Crippen LogP contribution >= 0.6 is 0 Å². The van der Waals surface area contributed by atoms with Crippen LogP contribution < -0.4 is 10.1 Å². The third kappa shape index (κ3) is 3.44. The molecule has 0 radical (unpaired) electrons. The first kappa shape index (κ1) is 16.0. The number of rotatable bonds is 5. The van der Waals surface area contributed by atoms with Gasteiger partial charge in [0.05, 0.1) is 18.0 Å². The normalized spacial score (nSPS) is 21.2. The van der Waals surface area contributed by atoms with E-state index in [1.807, 2.05) is 0 Å². The summed E-state index contributed by atoms with van der Waals surface area (Å²) in [5, 5.41) is 22.9. The lowest BCUT2D eigenvalue weighted by molar-refractivity contribution is -0.386. The maximum Gasteiger partial charge on any atom is 0.327 e. The second-order valence-electron chi connectivity index (χ2n) is 5.29. The first-order valence-electron chi connectivity index (χ1n) is 6.93. The summed E-state index contributed by atoms with van der Waals surface area (Å²) < 4.78 is 18.8. The third-order valence-electron chi connectivity index (χ3n) is 3.89. The first-order valence-corrected chi connectivity index (χ1v) is 6.93. The molecule has 0 amide bonds. The van der Waals surface area contributed by atoms with Crippen molar-refractivity contribution in [2.75, 3.05) is 12.4 Å². The molecule has 2 rings (SSSR count). The topological polar surface area (TPSA) is 102 Å². The van der Waals surface area contributed by atoms with Crippen molar-refractivity contribution in [2.24, 2.45) is 5.92 Å². The second-order valence-corrected chi connectivity index (χ2v) is 5.29. The van der Waals surface area contributed by atoms with Crippen LogP contribution in [0.1, 0.15) is 25.7 Å². The highest BCUT2D eigenvalue weighted by Crippen LogP contribution is 2.35. The van der Waals surface area contributed by atoms with Crippen molar-refractivity contribution in [3.8, 4) is 5.75 Å². The van der Waals surface area contributed by atoms with Gasteiger partial charge in [-0.05, 0) is 25.7 Å². The van der Waals surface area contributed by atoms with E-state index in [4.69, 9.17) is 9.84 Å². The van der Waals surface area contributed by atoms with Crippen molar-refractivity contribution in [3.05, 3.63) is 28.1 Å². The number of carboxylic acids is 1. The fraction of sp³-hybridized carbons (Fsp3) is 0.500. The van der Waals surface area contributed by atoms with Crippen LogP contribution in [0.4, 0.5) is 15.8 Å². The maximum absolute atomic E-state index is 13.8. The number of carboxylic acid groups (broad SMARTS) is 1. The van der Waals surface area contributed by atoms with E-state index in [1.54, 1.807) is 0 Å². The molecule has 7 nitrogen and oxygen atoms in total. The van der Waals surface area contributed by atoms with Crippen LogP contribution in [-0.4, -0.2) is 29.2 Å². The summed E-state index contributed by atoms with van der Waals surface area (Å²) in [6.07, 6.45) is 2.11. The highest BCUT2D eigenvalue weighted by Gasteiger charge is 2.29. The van der Waals surface area contributed by atoms with Gasteiger partial charge in [0.1, 0.15) is 11.4 Å². The molecular weight excluding hydrogens is 295 g/mol. The summed E-state index contributed by atoms with van der Waals surface area (Å²) in [6.45, 7) is 0. The average molecular weight is 312 g/mol. The summed E-state index contributed by atoms with van der Waals surface area (Å²) in [7, 11) is 1.35. The van der Waals surface area contributed by atoms with Gasteiger partial charge in [-0.3, -0.25) is 14.9 Å². The number of nitrogens with one attached hydrogen (secondary N) is 1. The smallest absolute Gasteiger partial charge is 0.327 e. The molecule has 22 heavy (non-hydrogen) atoms. The predicted octanol–water partition coefficient (Wildman–Crippen LogP) is 2.80. The van der Waals surface area contributed by atoms with Crippen LogP contribution in [0.15, 0.2) is 12.1 Å². The van der Waals surface area contributed by atoms with Crippen LogP contribution in [0.25, 0.3) is 0 Å².